The van der Waals surface area contributed by atoms with Gasteiger partial charge in [-0.05, 0) is 45.8 Å². The summed E-state index contributed by atoms with van der Waals surface area (Å²) in [7, 11) is 3.76. The second kappa shape index (κ2) is 7.59. The maximum Gasteiger partial charge on any atom is 0.410 e. The van der Waals surface area contributed by atoms with Crippen LogP contribution in [0.15, 0.2) is 4.99 Å². The number of hydrogen-bond acceptors (Lipinski definition) is 3. The van der Waals surface area contributed by atoms with Gasteiger partial charge in [0.25, 0.3) is 0 Å². The van der Waals surface area contributed by atoms with Crippen LogP contribution < -0.4 is 5.32 Å². The van der Waals surface area contributed by atoms with Gasteiger partial charge in [0.1, 0.15) is 5.60 Å². The van der Waals surface area contributed by atoms with Crippen molar-refractivity contribution in [2.24, 2.45) is 4.99 Å². The third-order valence-electron chi connectivity index (χ3n) is 2.90. The van der Waals surface area contributed by atoms with Gasteiger partial charge in [-0.1, -0.05) is 0 Å². The van der Waals surface area contributed by atoms with E-state index in [4.69, 9.17) is 17.0 Å². The van der Waals surface area contributed by atoms with Crippen molar-refractivity contribution in [3.63, 3.8) is 0 Å². The van der Waals surface area contributed by atoms with E-state index in [0.29, 0.717) is 11.7 Å². The van der Waals surface area contributed by atoms with Crippen LogP contribution in [-0.4, -0.2) is 66.2 Å². The molecule has 0 saturated carbocycles. The first-order valence-corrected chi connectivity index (χ1v) is 7.58. The molecule has 0 aromatic heterocycles. The second-order valence-corrected chi connectivity index (χ2v) is 6.75. The molecule has 1 saturated heterocycles. The second-order valence-electron chi connectivity index (χ2n) is 6.36. The quantitative estimate of drug-likeness (QED) is 0.489. The SMILES string of the molecule is CN(C)/C=N\C(=S)NCC1CCCN1C(=O)OC(C)(C)C. The van der Waals surface area contributed by atoms with E-state index in [-0.39, 0.29) is 12.1 Å². The topological polar surface area (TPSA) is 57.2 Å². The van der Waals surface area contributed by atoms with Gasteiger partial charge in [-0.15, -0.1) is 0 Å². The van der Waals surface area contributed by atoms with Crippen molar-refractivity contribution < 1.29 is 9.53 Å². The highest BCUT2D eigenvalue weighted by Gasteiger charge is 2.31. The van der Waals surface area contributed by atoms with E-state index in [1.54, 1.807) is 11.2 Å². The molecule has 6 nitrogen and oxygen atoms in total. The number of carbonyl (C=O) groups is 1. The molecule has 1 unspecified atom stereocenters. The molecule has 0 bridgehead atoms. The van der Waals surface area contributed by atoms with Gasteiger partial charge < -0.3 is 19.9 Å². The third kappa shape index (κ3) is 6.75. The summed E-state index contributed by atoms with van der Waals surface area (Å²) in [5.74, 6) is 0. The van der Waals surface area contributed by atoms with Gasteiger partial charge in [0, 0.05) is 27.2 Å². The molecule has 1 aliphatic heterocycles. The van der Waals surface area contributed by atoms with E-state index in [9.17, 15) is 4.79 Å². The van der Waals surface area contributed by atoms with Crippen molar-refractivity contribution in [2.45, 2.75) is 45.3 Å². The minimum Gasteiger partial charge on any atom is -0.444 e. The van der Waals surface area contributed by atoms with Crippen molar-refractivity contribution in [1.82, 2.24) is 15.1 Å². The zero-order valence-electron chi connectivity index (χ0n) is 13.5. The fourth-order valence-electron chi connectivity index (χ4n) is 2.03. The van der Waals surface area contributed by atoms with E-state index < -0.39 is 5.60 Å². The molecule has 1 fully saturated rings. The van der Waals surface area contributed by atoms with Gasteiger partial charge in [0.2, 0.25) is 0 Å². The Kier molecular flexibility index (Phi) is 6.39. The molecule has 1 aliphatic rings. The van der Waals surface area contributed by atoms with Crippen LogP contribution >= 0.6 is 12.2 Å². The Bertz CT molecular complexity index is 404. The maximum atomic E-state index is 12.1. The van der Waals surface area contributed by atoms with Gasteiger partial charge in [0.15, 0.2) is 5.11 Å². The predicted molar refractivity (Wildman–Crippen MR) is 88.7 cm³/mol. The molecule has 0 radical (unpaired) electrons. The first-order chi connectivity index (χ1) is 9.69. The number of likely N-dealkylation sites (tertiary alicyclic amines) is 1. The molecule has 0 aromatic carbocycles. The fourth-order valence-corrected chi connectivity index (χ4v) is 2.16. The first kappa shape index (κ1) is 17.7. The van der Waals surface area contributed by atoms with Gasteiger partial charge in [-0.3, -0.25) is 0 Å². The molecule has 0 aromatic rings. The Balaban J connectivity index is 2.47. The van der Waals surface area contributed by atoms with Crippen LogP contribution in [-0.2, 0) is 4.74 Å². The van der Waals surface area contributed by atoms with E-state index in [1.165, 1.54) is 0 Å². The zero-order valence-corrected chi connectivity index (χ0v) is 14.4. The number of thiocarbonyl (C=S) groups is 1. The number of amides is 1. The van der Waals surface area contributed by atoms with Crippen LogP contribution in [0.5, 0.6) is 0 Å². The molecule has 1 amide bonds. The molecule has 21 heavy (non-hydrogen) atoms. The van der Waals surface area contributed by atoms with Gasteiger partial charge in [0.05, 0.1) is 12.4 Å². The van der Waals surface area contributed by atoms with Crippen LogP contribution in [0.4, 0.5) is 4.79 Å². The lowest BCUT2D eigenvalue weighted by molar-refractivity contribution is 0.0229. The van der Waals surface area contributed by atoms with Crippen LogP contribution in [0.2, 0.25) is 0 Å². The largest absolute Gasteiger partial charge is 0.444 e. The highest BCUT2D eigenvalue weighted by Crippen LogP contribution is 2.20. The Morgan fingerprint density at radius 2 is 2.19 bits per heavy atom. The van der Waals surface area contributed by atoms with Crippen molar-refractivity contribution >= 4 is 29.8 Å². The summed E-state index contributed by atoms with van der Waals surface area (Å²) in [6, 6.07) is 0.104. The fraction of sp³-hybridized carbons (Fsp3) is 0.786. The normalized spacial score (nSPS) is 18.9. The lowest BCUT2D eigenvalue weighted by Gasteiger charge is -2.28. The number of rotatable bonds is 3. The Labute approximate surface area is 132 Å². The number of aliphatic imine (C=N–C) groups is 1. The summed E-state index contributed by atoms with van der Waals surface area (Å²) in [6.07, 6.45) is 3.33. The van der Waals surface area contributed by atoms with Crippen LogP contribution in [0.25, 0.3) is 0 Å². The number of ether oxygens (including phenoxy) is 1. The summed E-state index contributed by atoms with van der Waals surface area (Å²) in [5, 5.41) is 3.52. The standard InChI is InChI=1S/C14H26N4O2S/c1-14(2,3)20-13(19)18-8-6-7-11(18)9-15-12(21)16-10-17(4)5/h10-11H,6-9H2,1-5H3,(H,15,21)/b16-10-. The number of carbonyl (C=O) groups excluding carboxylic acids is 1. The summed E-state index contributed by atoms with van der Waals surface area (Å²) in [5.41, 5.74) is -0.469. The van der Waals surface area contributed by atoms with Crippen molar-refractivity contribution in [3.05, 3.63) is 0 Å². The molecule has 1 rings (SSSR count). The molecule has 7 heteroatoms. The van der Waals surface area contributed by atoms with Crippen molar-refractivity contribution in [1.29, 1.82) is 0 Å². The highest BCUT2D eigenvalue weighted by atomic mass is 32.1. The average Bonchev–Trinajstić information content (AvgIpc) is 2.80. The monoisotopic (exact) mass is 314 g/mol. The molecular formula is C14H26N4O2S. The van der Waals surface area contributed by atoms with E-state index in [0.717, 1.165) is 19.4 Å². The number of nitrogens with one attached hydrogen (secondary N) is 1. The maximum absolute atomic E-state index is 12.1. The Morgan fingerprint density at radius 1 is 1.52 bits per heavy atom. The van der Waals surface area contributed by atoms with Crippen molar-refractivity contribution in [3.8, 4) is 0 Å². The Morgan fingerprint density at radius 3 is 2.76 bits per heavy atom. The molecule has 120 valence electrons. The van der Waals surface area contributed by atoms with E-state index in [1.807, 2.05) is 39.8 Å². The lowest BCUT2D eigenvalue weighted by atomic mass is 10.2. The summed E-state index contributed by atoms with van der Waals surface area (Å²) >= 11 is 5.13. The molecule has 1 N–H and O–H groups in total. The van der Waals surface area contributed by atoms with Crippen LogP contribution in [0.1, 0.15) is 33.6 Å². The van der Waals surface area contributed by atoms with Crippen LogP contribution in [0.3, 0.4) is 0 Å². The summed E-state index contributed by atoms with van der Waals surface area (Å²) in [4.78, 5) is 19.8. The highest BCUT2D eigenvalue weighted by molar-refractivity contribution is 7.80. The van der Waals surface area contributed by atoms with Crippen LogP contribution in [0, 0.1) is 0 Å². The predicted octanol–water partition coefficient (Wildman–Crippen LogP) is 1.85. The molecular weight excluding hydrogens is 288 g/mol. The van der Waals surface area contributed by atoms with Crippen molar-refractivity contribution in [2.75, 3.05) is 27.2 Å². The number of nitrogens with zero attached hydrogens (tertiary/aromatic N) is 3. The molecule has 0 spiro atoms. The lowest BCUT2D eigenvalue weighted by Crippen LogP contribution is -2.44. The molecule has 1 heterocycles. The summed E-state index contributed by atoms with van der Waals surface area (Å²) < 4.78 is 5.43. The van der Waals surface area contributed by atoms with Gasteiger partial charge >= 0.3 is 6.09 Å². The molecule has 0 aliphatic carbocycles. The summed E-state index contributed by atoms with van der Waals surface area (Å²) in [6.45, 7) is 6.95. The zero-order chi connectivity index (χ0) is 16.0. The minimum absolute atomic E-state index is 0.104. The molecule has 1 atom stereocenters. The van der Waals surface area contributed by atoms with Gasteiger partial charge in [-0.2, -0.15) is 0 Å². The third-order valence-corrected chi connectivity index (χ3v) is 3.15. The minimum atomic E-state index is -0.469. The van der Waals surface area contributed by atoms with Gasteiger partial charge in [-0.25, -0.2) is 9.79 Å². The smallest absolute Gasteiger partial charge is 0.410 e. The van der Waals surface area contributed by atoms with E-state index >= 15 is 0 Å². The van der Waals surface area contributed by atoms with E-state index in [2.05, 4.69) is 10.3 Å². The average molecular weight is 314 g/mol. The first-order valence-electron chi connectivity index (χ1n) is 7.17. The number of hydrogen-bond donors (Lipinski definition) is 1. The Hall–Kier alpha value is -1.37.